The van der Waals surface area contributed by atoms with Crippen molar-refractivity contribution in [2.24, 2.45) is 0 Å². The second kappa shape index (κ2) is 11.0. The number of benzene rings is 2. The lowest BCUT2D eigenvalue weighted by Gasteiger charge is -2.36. The summed E-state index contributed by atoms with van der Waals surface area (Å²) >= 11 is 5.88. The molecule has 1 aliphatic rings. The lowest BCUT2D eigenvalue weighted by Crippen LogP contribution is -2.53. The first-order chi connectivity index (χ1) is 14.9. The molecule has 0 N–H and O–H groups in total. The monoisotopic (exact) mass is 444 g/mol. The van der Waals surface area contributed by atoms with Crippen molar-refractivity contribution in [2.45, 2.75) is 32.8 Å². The molecule has 31 heavy (non-hydrogen) atoms. The number of hydrogen-bond acceptors (Lipinski definition) is 4. The number of rotatable bonds is 8. The summed E-state index contributed by atoms with van der Waals surface area (Å²) in [6.45, 7) is 6.35. The predicted octanol–water partition coefficient (Wildman–Crippen LogP) is 3.95. The number of piperazine rings is 1. The summed E-state index contributed by atoms with van der Waals surface area (Å²) in [4.78, 5) is 28.7. The van der Waals surface area contributed by atoms with E-state index in [4.69, 9.17) is 21.1 Å². The van der Waals surface area contributed by atoms with Crippen LogP contribution in [0.4, 0.5) is 0 Å². The Labute approximate surface area is 188 Å². The van der Waals surface area contributed by atoms with Gasteiger partial charge < -0.3 is 19.3 Å². The minimum atomic E-state index is -0.595. The van der Waals surface area contributed by atoms with Crippen LogP contribution in [0.5, 0.6) is 11.5 Å². The molecule has 0 spiro atoms. The van der Waals surface area contributed by atoms with E-state index in [2.05, 4.69) is 0 Å². The molecule has 1 aliphatic heterocycles. The van der Waals surface area contributed by atoms with Crippen molar-refractivity contribution >= 4 is 23.4 Å². The fourth-order valence-corrected chi connectivity index (χ4v) is 3.61. The van der Waals surface area contributed by atoms with Crippen molar-refractivity contribution < 1.29 is 19.1 Å². The van der Waals surface area contributed by atoms with Crippen LogP contribution in [0.3, 0.4) is 0 Å². The van der Waals surface area contributed by atoms with Crippen LogP contribution >= 0.6 is 11.6 Å². The molecule has 1 heterocycles. The third-order valence-corrected chi connectivity index (χ3v) is 5.56. The standard InChI is InChI=1S/C24H29ClN2O4/c1-18-6-3-4-7-22(18)30-17-5-8-23(28)26-13-15-27(16-14-26)24(29)19(2)31-21-11-9-20(25)10-12-21/h3-4,6-7,9-12,19H,5,8,13-17H2,1-2H3. The zero-order chi connectivity index (χ0) is 22.2. The Hall–Kier alpha value is -2.73. The number of hydrogen-bond donors (Lipinski definition) is 0. The Bertz CT molecular complexity index is 879. The third-order valence-electron chi connectivity index (χ3n) is 5.30. The summed E-state index contributed by atoms with van der Waals surface area (Å²) in [6, 6.07) is 14.8. The molecule has 1 fully saturated rings. The Morgan fingerprint density at radius 3 is 2.32 bits per heavy atom. The van der Waals surface area contributed by atoms with Gasteiger partial charge in [-0.25, -0.2) is 0 Å². The number of nitrogens with zero attached hydrogens (tertiary/aromatic N) is 2. The van der Waals surface area contributed by atoms with Crippen LogP contribution in [0.2, 0.25) is 5.02 Å². The number of ether oxygens (including phenoxy) is 2. The van der Waals surface area contributed by atoms with Crippen molar-refractivity contribution in [3.63, 3.8) is 0 Å². The van der Waals surface area contributed by atoms with E-state index in [1.165, 1.54) is 0 Å². The molecule has 2 amide bonds. The second-order valence-corrected chi connectivity index (χ2v) is 8.07. The van der Waals surface area contributed by atoms with Crippen LogP contribution in [0.25, 0.3) is 0 Å². The molecule has 1 unspecified atom stereocenters. The van der Waals surface area contributed by atoms with Gasteiger partial charge in [0, 0.05) is 37.6 Å². The minimum Gasteiger partial charge on any atom is -0.493 e. The summed E-state index contributed by atoms with van der Waals surface area (Å²) in [6.07, 6.45) is 0.510. The quantitative estimate of drug-likeness (QED) is 0.578. The molecule has 6 nitrogen and oxygen atoms in total. The predicted molar refractivity (Wildman–Crippen MR) is 121 cm³/mol. The lowest BCUT2D eigenvalue weighted by atomic mass is 10.2. The van der Waals surface area contributed by atoms with Crippen LogP contribution in [0, 0.1) is 6.92 Å². The van der Waals surface area contributed by atoms with Crippen molar-refractivity contribution in [1.82, 2.24) is 9.80 Å². The average Bonchev–Trinajstić information content (AvgIpc) is 2.78. The van der Waals surface area contributed by atoms with Gasteiger partial charge >= 0.3 is 0 Å². The van der Waals surface area contributed by atoms with Gasteiger partial charge in [0.2, 0.25) is 5.91 Å². The zero-order valence-electron chi connectivity index (χ0n) is 18.1. The molecule has 2 aromatic carbocycles. The van der Waals surface area contributed by atoms with Crippen LogP contribution in [0.1, 0.15) is 25.3 Å². The molecule has 0 aromatic heterocycles. The van der Waals surface area contributed by atoms with E-state index in [1.54, 1.807) is 36.1 Å². The van der Waals surface area contributed by atoms with Crippen LogP contribution in [-0.2, 0) is 9.59 Å². The van der Waals surface area contributed by atoms with Gasteiger partial charge in [-0.05, 0) is 56.2 Å². The molecule has 2 aromatic rings. The van der Waals surface area contributed by atoms with Gasteiger partial charge in [-0.2, -0.15) is 0 Å². The highest BCUT2D eigenvalue weighted by Gasteiger charge is 2.27. The molecule has 0 bridgehead atoms. The number of carbonyl (C=O) groups excluding carboxylic acids is 2. The molecule has 7 heteroatoms. The summed E-state index contributed by atoms with van der Waals surface area (Å²) in [5.41, 5.74) is 1.09. The Kier molecular flexibility index (Phi) is 8.18. The van der Waals surface area contributed by atoms with Crippen LogP contribution in [0.15, 0.2) is 48.5 Å². The summed E-state index contributed by atoms with van der Waals surface area (Å²) in [7, 11) is 0. The van der Waals surface area contributed by atoms with E-state index in [0.717, 1.165) is 11.3 Å². The van der Waals surface area contributed by atoms with E-state index >= 15 is 0 Å². The fraction of sp³-hybridized carbons (Fsp3) is 0.417. The first-order valence-corrected chi connectivity index (χ1v) is 11.0. The highest BCUT2D eigenvalue weighted by molar-refractivity contribution is 6.30. The lowest BCUT2D eigenvalue weighted by molar-refractivity contribution is -0.143. The van der Waals surface area contributed by atoms with Gasteiger partial charge in [0.05, 0.1) is 6.61 Å². The zero-order valence-corrected chi connectivity index (χ0v) is 18.8. The Morgan fingerprint density at radius 2 is 1.65 bits per heavy atom. The van der Waals surface area contributed by atoms with Crippen molar-refractivity contribution in [1.29, 1.82) is 0 Å². The molecule has 3 rings (SSSR count). The van der Waals surface area contributed by atoms with Crippen molar-refractivity contribution in [2.75, 3.05) is 32.8 Å². The molecule has 1 atom stereocenters. The normalized spacial score (nSPS) is 14.8. The van der Waals surface area contributed by atoms with E-state index in [0.29, 0.717) is 56.4 Å². The van der Waals surface area contributed by atoms with Crippen LogP contribution < -0.4 is 9.47 Å². The van der Waals surface area contributed by atoms with E-state index in [9.17, 15) is 9.59 Å². The molecule has 0 saturated carbocycles. The smallest absolute Gasteiger partial charge is 0.263 e. The molecule has 1 saturated heterocycles. The molecule has 166 valence electrons. The SMILES string of the molecule is Cc1ccccc1OCCCC(=O)N1CCN(C(=O)C(C)Oc2ccc(Cl)cc2)CC1. The van der Waals surface area contributed by atoms with Crippen LogP contribution in [-0.4, -0.2) is 60.5 Å². The maximum Gasteiger partial charge on any atom is 0.263 e. The van der Waals surface area contributed by atoms with E-state index < -0.39 is 6.10 Å². The maximum absolute atomic E-state index is 12.7. The third kappa shape index (κ3) is 6.62. The first kappa shape index (κ1) is 22.9. The summed E-state index contributed by atoms with van der Waals surface area (Å²) in [5, 5.41) is 0.619. The van der Waals surface area contributed by atoms with Gasteiger partial charge in [-0.3, -0.25) is 9.59 Å². The Morgan fingerprint density at radius 1 is 1.00 bits per heavy atom. The average molecular weight is 445 g/mol. The Balaban J connectivity index is 1.37. The minimum absolute atomic E-state index is 0.0753. The first-order valence-electron chi connectivity index (χ1n) is 10.6. The topological polar surface area (TPSA) is 59.1 Å². The van der Waals surface area contributed by atoms with Gasteiger partial charge in [0.1, 0.15) is 11.5 Å². The molecular weight excluding hydrogens is 416 g/mol. The number of para-hydroxylation sites is 1. The van der Waals surface area contributed by atoms with Gasteiger partial charge in [-0.1, -0.05) is 29.8 Å². The number of aryl methyl sites for hydroxylation is 1. The fourth-order valence-electron chi connectivity index (χ4n) is 3.48. The summed E-state index contributed by atoms with van der Waals surface area (Å²) in [5.74, 6) is 1.49. The van der Waals surface area contributed by atoms with Gasteiger partial charge in [-0.15, -0.1) is 0 Å². The number of halogens is 1. The van der Waals surface area contributed by atoms with Crippen molar-refractivity contribution in [3.8, 4) is 11.5 Å². The molecular formula is C24H29ClN2O4. The number of amides is 2. The largest absolute Gasteiger partial charge is 0.493 e. The highest BCUT2D eigenvalue weighted by Crippen LogP contribution is 2.18. The van der Waals surface area contributed by atoms with Gasteiger partial charge in [0.25, 0.3) is 5.91 Å². The molecule has 0 aliphatic carbocycles. The van der Waals surface area contributed by atoms with E-state index in [-0.39, 0.29) is 11.8 Å². The van der Waals surface area contributed by atoms with E-state index in [1.807, 2.05) is 36.1 Å². The maximum atomic E-state index is 12.7. The second-order valence-electron chi connectivity index (χ2n) is 7.64. The summed E-state index contributed by atoms with van der Waals surface area (Å²) < 4.78 is 11.5. The molecule has 0 radical (unpaired) electrons. The number of carbonyl (C=O) groups is 2. The van der Waals surface area contributed by atoms with Gasteiger partial charge in [0.15, 0.2) is 6.10 Å². The van der Waals surface area contributed by atoms with Crippen molar-refractivity contribution in [3.05, 3.63) is 59.1 Å². The highest BCUT2D eigenvalue weighted by atomic mass is 35.5.